The molecule has 1 aliphatic heterocycles. The van der Waals surface area contributed by atoms with Crippen molar-refractivity contribution in [1.29, 1.82) is 0 Å². The molecule has 1 fully saturated rings. The Balaban J connectivity index is 0.00000200. The molecule has 1 aromatic rings. The number of piperidine rings is 1. The van der Waals surface area contributed by atoms with Gasteiger partial charge in [-0.25, -0.2) is 0 Å². The molecule has 0 spiro atoms. The molecule has 2 rings (SSSR count). The second-order valence-corrected chi connectivity index (χ2v) is 5.09. The van der Waals surface area contributed by atoms with Crippen LogP contribution in [-0.4, -0.2) is 24.1 Å². The zero-order valence-corrected chi connectivity index (χ0v) is 12.6. The largest absolute Gasteiger partial charge is 0.487 e. The van der Waals surface area contributed by atoms with Crippen molar-refractivity contribution < 1.29 is 9.66 Å². The fourth-order valence-electron chi connectivity index (χ4n) is 2.24. The summed E-state index contributed by atoms with van der Waals surface area (Å²) in [5.41, 5.74) is -0.0795. The highest BCUT2D eigenvalue weighted by Gasteiger charge is 2.17. The Bertz CT molecular complexity index is 451. The molecule has 112 valence electrons. The standard InChI is InChI=1S/C13H17ClN2O3.ClH/c14-10-4-5-13(12(9-10)16(17)18)19-8-6-11-3-1-2-7-15-11;/h4-5,9,11,15H,1-3,6-8H2;1H. The van der Waals surface area contributed by atoms with Gasteiger partial charge in [0.05, 0.1) is 11.5 Å². The molecule has 20 heavy (non-hydrogen) atoms. The number of ether oxygens (including phenoxy) is 1. The van der Waals surface area contributed by atoms with Crippen LogP contribution < -0.4 is 10.1 Å². The van der Waals surface area contributed by atoms with Gasteiger partial charge in [-0.3, -0.25) is 10.1 Å². The molecular formula is C13H18Cl2N2O3. The third-order valence-corrected chi connectivity index (χ3v) is 3.49. The fourth-order valence-corrected chi connectivity index (χ4v) is 2.40. The molecule has 1 aromatic carbocycles. The first-order valence-electron chi connectivity index (χ1n) is 6.47. The first-order chi connectivity index (χ1) is 9.16. The van der Waals surface area contributed by atoms with Crippen LogP contribution >= 0.6 is 24.0 Å². The Hall–Kier alpha value is -1.04. The van der Waals surface area contributed by atoms with E-state index in [1.807, 2.05) is 0 Å². The van der Waals surface area contributed by atoms with Gasteiger partial charge >= 0.3 is 5.69 Å². The Morgan fingerprint density at radius 2 is 2.25 bits per heavy atom. The molecule has 5 nitrogen and oxygen atoms in total. The monoisotopic (exact) mass is 320 g/mol. The molecule has 0 aliphatic carbocycles. The van der Waals surface area contributed by atoms with Gasteiger partial charge < -0.3 is 10.1 Å². The summed E-state index contributed by atoms with van der Waals surface area (Å²) in [5, 5.41) is 14.7. The minimum absolute atomic E-state index is 0. The van der Waals surface area contributed by atoms with Crippen molar-refractivity contribution in [3.05, 3.63) is 33.3 Å². The van der Waals surface area contributed by atoms with Gasteiger partial charge in [0.2, 0.25) is 0 Å². The van der Waals surface area contributed by atoms with E-state index in [0.29, 0.717) is 17.7 Å². The predicted molar refractivity (Wildman–Crippen MR) is 81.1 cm³/mol. The number of nitro benzene ring substituents is 1. The van der Waals surface area contributed by atoms with Crippen LogP contribution in [0.5, 0.6) is 5.75 Å². The number of hydrogen-bond acceptors (Lipinski definition) is 4. The maximum absolute atomic E-state index is 10.9. The summed E-state index contributed by atoms with van der Waals surface area (Å²) < 4.78 is 5.52. The van der Waals surface area contributed by atoms with Gasteiger partial charge in [0.1, 0.15) is 0 Å². The maximum Gasteiger partial charge on any atom is 0.312 e. The molecule has 0 aromatic heterocycles. The molecule has 0 bridgehead atoms. The van der Waals surface area contributed by atoms with E-state index in [4.69, 9.17) is 16.3 Å². The summed E-state index contributed by atoms with van der Waals surface area (Å²) in [6, 6.07) is 4.92. The minimum Gasteiger partial charge on any atom is -0.487 e. The lowest BCUT2D eigenvalue weighted by Crippen LogP contribution is -2.35. The zero-order chi connectivity index (χ0) is 13.7. The fraction of sp³-hybridized carbons (Fsp3) is 0.538. The van der Waals surface area contributed by atoms with Crippen LogP contribution in [0.3, 0.4) is 0 Å². The first-order valence-corrected chi connectivity index (χ1v) is 6.85. The van der Waals surface area contributed by atoms with E-state index in [-0.39, 0.29) is 23.8 Å². The van der Waals surface area contributed by atoms with Crippen LogP contribution in [0, 0.1) is 10.1 Å². The molecule has 1 heterocycles. The van der Waals surface area contributed by atoms with Crippen molar-refractivity contribution in [2.24, 2.45) is 0 Å². The number of benzene rings is 1. The number of nitro groups is 1. The summed E-state index contributed by atoms with van der Waals surface area (Å²) in [6.45, 7) is 1.52. The maximum atomic E-state index is 10.9. The van der Waals surface area contributed by atoms with Gasteiger partial charge in [-0.1, -0.05) is 18.0 Å². The van der Waals surface area contributed by atoms with Crippen molar-refractivity contribution in [3.8, 4) is 5.75 Å². The van der Waals surface area contributed by atoms with Gasteiger partial charge in [0.15, 0.2) is 5.75 Å². The lowest BCUT2D eigenvalue weighted by atomic mass is 10.0. The van der Waals surface area contributed by atoms with Crippen molar-refractivity contribution in [1.82, 2.24) is 5.32 Å². The van der Waals surface area contributed by atoms with Gasteiger partial charge in [-0.2, -0.15) is 0 Å². The third-order valence-electron chi connectivity index (χ3n) is 3.25. The quantitative estimate of drug-likeness (QED) is 0.665. The van der Waals surface area contributed by atoms with Crippen LogP contribution in [0.4, 0.5) is 5.69 Å². The molecule has 7 heteroatoms. The Labute approximate surface area is 129 Å². The highest BCUT2D eigenvalue weighted by atomic mass is 35.5. The number of rotatable bonds is 5. The average molecular weight is 321 g/mol. The molecule has 0 amide bonds. The Morgan fingerprint density at radius 1 is 1.45 bits per heavy atom. The Kier molecular flexibility index (Phi) is 7.05. The van der Waals surface area contributed by atoms with E-state index in [9.17, 15) is 10.1 Å². The van der Waals surface area contributed by atoms with Crippen LogP contribution in [0.25, 0.3) is 0 Å². The normalized spacial score (nSPS) is 18.1. The molecule has 0 saturated carbocycles. The molecular weight excluding hydrogens is 303 g/mol. The third kappa shape index (κ3) is 4.81. The summed E-state index contributed by atoms with van der Waals surface area (Å²) in [7, 11) is 0. The van der Waals surface area contributed by atoms with Crippen LogP contribution in [0.1, 0.15) is 25.7 Å². The molecule has 1 aliphatic rings. The van der Waals surface area contributed by atoms with Crippen LogP contribution in [0.2, 0.25) is 5.02 Å². The predicted octanol–water partition coefficient (Wildman–Crippen LogP) is 3.58. The summed E-state index contributed by atoms with van der Waals surface area (Å²) in [6.07, 6.45) is 4.46. The van der Waals surface area contributed by atoms with E-state index in [1.165, 1.54) is 18.9 Å². The molecule has 1 atom stereocenters. The smallest absolute Gasteiger partial charge is 0.312 e. The number of nitrogens with one attached hydrogen (secondary N) is 1. The molecule has 0 radical (unpaired) electrons. The topological polar surface area (TPSA) is 64.4 Å². The lowest BCUT2D eigenvalue weighted by molar-refractivity contribution is -0.385. The number of nitrogens with zero attached hydrogens (tertiary/aromatic N) is 1. The van der Waals surface area contributed by atoms with Crippen molar-refractivity contribution in [2.75, 3.05) is 13.2 Å². The van der Waals surface area contributed by atoms with Crippen LogP contribution in [0.15, 0.2) is 18.2 Å². The average Bonchev–Trinajstić information content (AvgIpc) is 2.41. The molecule has 1 unspecified atom stereocenters. The number of hydrogen-bond donors (Lipinski definition) is 1. The van der Waals surface area contributed by atoms with Gasteiger partial charge in [0, 0.05) is 17.1 Å². The van der Waals surface area contributed by atoms with Crippen molar-refractivity contribution in [2.45, 2.75) is 31.7 Å². The first kappa shape index (κ1) is 17.0. The summed E-state index contributed by atoms with van der Waals surface area (Å²) >= 11 is 5.75. The van der Waals surface area contributed by atoms with Gasteiger partial charge in [-0.15, -0.1) is 12.4 Å². The van der Waals surface area contributed by atoms with E-state index in [2.05, 4.69) is 5.32 Å². The lowest BCUT2D eigenvalue weighted by Gasteiger charge is -2.23. The highest BCUT2D eigenvalue weighted by molar-refractivity contribution is 6.30. The molecule has 1 N–H and O–H groups in total. The Morgan fingerprint density at radius 3 is 2.90 bits per heavy atom. The van der Waals surface area contributed by atoms with E-state index in [1.54, 1.807) is 12.1 Å². The minimum atomic E-state index is -0.472. The second kappa shape index (κ2) is 8.29. The molecule has 1 saturated heterocycles. The van der Waals surface area contributed by atoms with E-state index >= 15 is 0 Å². The SMILES string of the molecule is Cl.O=[N+]([O-])c1cc(Cl)ccc1OCCC1CCCCN1. The van der Waals surface area contributed by atoms with E-state index < -0.39 is 4.92 Å². The number of halogens is 2. The highest BCUT2D eigenvalue weighted by Crippen LogP contribution is 2.30. The summed E-state index contributed by atoms with van der Waals surface area (Å²) in [5.74, 6) is 0.283. The zero-order valence-electron chi connectivity index (χ0n) is 11.0. The van der Waals surface area contributed by atoms with Gasteiger partial charge in [-0.05, 0) is 37.9 Å². The van der Waals surface area contributed by atoms with Crippen molar-refractivity contribution >= 4 is 29.7 Å². The van der Waals surface area contributed by atoms with Crippen LogP contribution in [-0.2, 0) is 0 Å². The van der Waals surface area contributed by atoms with E-state index in [0.717, 1.165) is 19.4 Å². The van der Waals surface area contributed by atoms with Crippen molar-refractivity contribution in [3.63, 3.8) is 0 Å². The summed E-state index contributed by atoms with van der Waals surface area (Å²) in [4.78, 5) is 10.4. The second-order valence-electron chi connectivity index (χ2n) is 4.65. The van der Waals surface area contributed by atoms with Gasteiger partial charge in [0.25, 0.3) is 0 Å².